The Hall–Kier alpha value is -0.890. The number of nitrogens with zero attached hydrogens (tertiary/aromatic N) is 1. The topological polar surface area (TPSA) is 3.24 Å². The van der Waals surface area contributed by atoms with Crippen molar-refractivity contribution in [3.05, 3.63) is 63.6 Å². The zero-order valence-corrected chi connectivity index (χ0v) is 12.8. The van der Waals surface area contributed by atoms with E-state index in [2.05, 4.69) is 4.90 Å². The van der Waals surface area contributed by atoms with Crippen molar-refractivity contribution < 1.29 is 0 Å². The lowest BCUT2D eigenvalue weighted by atomic mass is 10.1. The van der Waals surface area contributed by atoms with Crippen LogP contribution in [-0.4, -0.2) is 7.05 Å². The Balaban J connectivity index is 2.22. The van der Waals surface area contributed by atoms with E-state index in [-0.39, 0.29) is 0 Å². The van der Waals surface area contributed by atoms with Crippen LogP contribution in [0.2, 0.25) is 10.0 Å². The van der Waals surface area contributed by atoms with E-state index in [1.54, 1.807) is 0 Å². The molecule has 0 spiro atoms. The number of anilines is 1. The Labute approximate surface area is 128 Å². The molecule has 2 aromatic rings. The Morgan fingerprint density at radius 3 is 2.32 bits per heavy atom. The summed E-state index contributed by atoms with van der Waals surface area (Å²) in [5, 5.41) is 1.45. The van der Waals surface area contributed by atoms with Crippen LogP contribution >= 0.6 is 34.8 Å². The van der Waals surface area contributed by atoms with Crippen molar-refractivity contribution in [3.8, 4) is 0 Å². The summed E-state index contributed by atoms with van der Waals surface area (Å²) in [5.74, 6) is 0.403. The van der Waals surface area contributed by atoms with Crippen LogP contribution in [-0.2, 0) is 12.4 Å². The number of hydrogen-bond donors (Lipinski definition) is 0. The second kappa shape index (κ2) is 6.51. The first-order valence-corrected chi connectivity index (χ1v) is 7.20. The van der Waals surface area contributed by atoms with Crippen LogP contribution in [0.1, 0.15) is 11.1 Å². The van der Waals surface area contributed by atoms with E-state index >= 15 is 0 Å². The van der Waals surface area contributed by atoms with E-state index in [9.17, 15) is 0 Å². The van der Waals surface area contributed by atoms with Gasteiger partial charge in [0.2, 0.25) is 0 Å². The smallest absolute Gasteiger partial charge is 0.0509 e. The molecule has 0 saturated heterocycles. The molecular weight excluding hydrogens is 301 g/mol. The van der Waals surface area contributed by atoms with Gasteiger partial charge < -0.3 is 4.90 Å². The molecule has 19 heavy (non-hydrogen) atoms. The largest absolute Gasteiger partial charge is 0.370 e. The molecule has 0 aromatic heterocycles. The average molecular weight is 315 g/mol. The fourth-order valence-electron chi connectivity index (χ4n) is 1.99. The van der Waals surface area contributed by atoms with Crippen LogP contribution in [0.25, 0.3) is 0 Å². The van der Waals surface area contributed by atoms with Gasteiger partial charge >= 0.3 is 0 Å². The van der Waals surface area contributed by atoms with Gasteiger partial charge in [-0.3, -0.25) is 0 Å². The standard InChI is InChI=1S/C15H14Cl3N/c1-19(10-11-5-7-12(17)8-6-11)15-4-2-3-14(18)13(15)9-16/h2-8H,9-10H2,1H3. The molecule has 100 valence electrons. The lowest BCUT2D eigenvalue weighted by Crippen LogP contribution is -2.17. The maximum Gasteiger partial charge on any atom is 0.0509 e. The molecule has 0 bridgehead atoms. The van der Waals surface area contributed by atoms with Gasteiger partial charge in [-0.25, -0.2) is 0 Å². The molecule has 0 aliphatic heterocycles. The highest BCUT2D eigenvalue weighted by Crippen LogP contribution is 2.29. The minimum Gasteiger partial charge on any atom is -0.370 e. The molecule has 0 radical (unpaired) electrons. The molecule has 2 aromatic carbocycles. The molecule has 0 fully saturated rings. The lowest BCUT2D eigenvalue weighted by Gasteiger charge is -2.22. The summed E-state index contributed by atoms with van der Waals surface area (Å²) in [6.45, 7) is 0.779. The van der Waals surface area contributed by atoms with E-state index in [0.717, 1.165) is 22.8 Å². The van der Waals surface area contributed by atoms with Gasteiger partial charge in [0.15, 0.2) is 0 Å². The number of halogens is 3. The first-order chi connectivity index (χ1) is 9.11. The molecule has 0 heterocycles. The van der Waals surface area contributed by atoms with Crippen LogP contribution in [0, 0.1) is 0 Å². The first kappa shape index (κ1) is 14.5. The summed E-state index contributed by atoms with van der Waals surface area (Å²) in [5.41, 5.74) is 3.20. The maximum absolute atomic E-state index is 6.17. The summed E-state index contributed by atoms with van der Waals surface area (Å²) in [6, 6.07) is 13.6. The number of alkyl halides is 1. The molecule has 1 nitrogen and oxygen atoms in total. The predicted octanol–water partition coefficient (Wildman–Crippen LogP) is 5.37. The first-order valence-electron chi connectivity index (χ1n) is 5.90. The molecule has 0 unspecified atom stereocenters. The molecule has 0 amide bonds. The molecule has 0 N–H and O–H groups in total. The van der Waals surface area contributed by atoms with Gasteiger partial charge in [-0.05, 0) is 29.8 Å². The van der Waals surface area contributed by atoms with E-state index in [4.69, 9.17) is 34.8 Å². The monoisotopic (exact) mass is 313 g/mol. The highest BCUT2D eigenvalue weighted by molar-refractivity contribution is 6.32. The fraction of sp³-hybridized carbons (Fsp3) is 0.200. The summed E-state index contributed by atoms with van der Waals surface area (Å²) >= 11 is 18.0. The fourth-order valence-corrected chi connectivity index (χ4v) is 2.70. The third-order valence-corrected chi connectivity index (χ3v) is 3.85. The third-order valence-electron chi connectivity index (χ3n) is 2.97. The van der Waals surface area contributed by atoms with Gasteiger partial charge in [-0.15, -0.1) is 11.6 Å². The second-order valence-corrected chi connectivity index (χ2v) is 5.46. The quantitative estimate of drug-likeness (QED) is 0.686. The van der Waals surface area contributed by atoms with Gasteiger partial charge in [0.25, 0.3) is 0 Å². The van der Waals surface area contributed by atoms with E-state index in [0.29, 0.717) is 10.9 Å². The van der Waals surface area contributed by atoms with Gasteiger partial charge in [-0.1, -0.05) is 41.4 Å². The zero-order valence-electron chi connectivity index (χ0n) is 10.5. The van der Waals surface area contributed by atoms with Crippen LogP contribution < -0.4 is 4.90 Å². The third kappa shape index (κ3) is 3.56. The molecule has 0 saturated carbocycles. The van der Waals surface area contributed by atoms with Crippen LogP contribution in [0.4, 0.5) is 5.69 Å². The van der Waals surface area contributed by atoms with Crippen molar-refractivity contribution in [2.24, 2.45) is 0 Å². The molecule has 2 rings (SSSR count). The molecule has 4 heteroatoms. The Morgan fingerprint density at radius 1 is 1.00 bits per heavy atom. The average Bonchev–Trinajstić information content (AvgIpc) is 2.41. The number of hydrogen-bond acceptors (Lipinski definition) is 1. The predicted molar refractivity (Wildman–Crippen MR) is 84.6 cm³/mol. The van der Waals surface area contributed by atoms with Gasteiger partial charge in [-0.2, -0.15) is 0 Å². The minimum absolute atomic E-state index is 0.403. The number of rotatable bonds is 4. The second-order valence-electron chi connectivity index (χ2n) is 4.35. The van der Waals surface area contributed by atoms with Crippen molar-refractivity contribution in [2.75, 3.05) is 11.9 Å². The summed E-state index contributed by atoms with van der Waals surface area (Å²) in [6.07, 6.45) is 0. The van der Waals surface area contributed by atoms with Crippen molar-refractivity contribution >= 4 is 40.5 Å². The Kier molecular flexibility index (Phi) is 4.98. The Bertz CT molecular complexity index is 552. The summed E-state index contributed by atoms with van der Waals surface area (Å²) in [4.78, 5) is 2.13. The summed E-state index contributed by atoms with van der Waals surface area (Å²) < 4.78 is 0. The van der Waals surface area contributed by atoms with E-state index in [1.807, 2.05) is 49.5 Å². The highest BCUT2D eigenvalue weighted by atomic mass is 35.5. The van der Waals surface area contributed by atoms with Gasteiger partial charge in [0, 0.05) is 34.9 Å². The molecule has 0 aliphatic rings. The molecular formula is C15H14Cl3N. The number of benzene rings is 2. The normalized spacial score (nSPS) is 10.5. The van der Waals surface area contributed by atoms with Gasteiger partial charge in [0.1, 0.15) is 0 Å². The Morgan fingerprint density at radius 2 is 1.68 bits per heavy atom. The lowest BCUT2D eigenvalue weighted by molar-refractivity contribution is 0.916. The van der Waals surface area contributed by atoms with Crippen LogP contribution in [0.3, 0.4) is 0 Å². The highest BCUT2D eigenvalue weighted by Gasteiger charge is 2.10. The van der Waals surface area contributed by atoms with Crippen LogP contribution in [0.5, 0.6) is 0 Å². The van der Waals surface area contributed by atoms with Crippen molar-refractivity contribution in [2.45, 2.75) is 12.4 Å². The van der Waals surface area contributed by atoms with Crippen LogP contribution in [0.15, 0.2) is 42.5 Å². The van der Waals surface area contributed by atoms with Crippen molar-refractivity contribution in [3.63, 3.8) is 0 Å². The summed E-state index contributed by atoms with van der Waals surface area (Å²) in [7, 11) is 2.02. The van der Waals surface area contributed by atoms with E-state index < -0.39 is 0 Å². The minimum atomic E-state index is 0.403. The van der Waals surface area contributed by atoms with Crippen molar-refractivity contribution in [1.82, 2.24) is 0 Å². The SMILES string of the molecule is CN(Cc1ccc(Cl)cc1)c1cccc(Cl)c1CCl. The molecule has 0 atom stereocenters. The van der Waals surface area contributed by atoms with Gasteiger partial charge in [0.05, 0.1) is 5.88 Å². The maximum atomic E-state index is 6.17. The van der Waals surface area contributed by atoms with E-state index in [1.165, 1.54) is 5.56 Å². The molecule has 0 aliphatic carbocycles. The van der Waals surface area contributed by atoms with Crippen molar-refractivity contribution in [1.29, 1.82) is 0 Å². The zero-order chi connectivity index (χ0) is 13.8.